The van der Waals surface area contributed by atoms with Gasteiger partial charge in [0.1, 0.15) is 0 Å². The molecule has 1 aliphatic carbocycles. The highest BCUT2D eigenvalue weighted by Gasteiger charge is 2.52. The Bertz CT molecular complexity index is 509. The lowest BCUT2D eigenvalue weighted by molar-refractivity contribution is 0.0349. The van der Waals surface area contributed by atoms with Gasteiger partial charge in [-0.1, -0.05) is 0 Å². The van der Waals surface area contributed by atoms with Crippen molar-refractivity contribution in [2.24, 2.45) is 18.7 Å². The van der Waals surface area contributed by atoms with Crippen LogP contribution in [0, 0.1) is 19.8 Å². The quantitative estimate of drug-likeness (QED) is 0.833. The van der Waals surface area contributed by atoms with Crippen LogP contribution in [0.2, 0.25) is 0 Å². The second-order valence-electron chi connectivity index (χ2n) is 5.84. The van der Waals surface area contributed by atoms with Gasteiger partial charge >= 0.3 is 0 Å². The van der Waals surface area contributed by atoms with Crippen LogP contribution in [0.25, 0.3) is 0 Å². The van der Waals surface area contributed by atoms with Crippen LogP contribution in [-0.2, 0) is 7.05 Å². The predicted molar refractivity (Wildman–Crippen MR) is 68.2 cm³/mol. The molecule has 1 aromatic heterocycles. The summed E-state index contributed by atoms with van der Waals surface area (Å²) in [6.07, 6.45) is 2.45. The number of likely N-dealkylation sites (tertiary alicyclic amines) is 1. The molecule has 2 aliphatic rings. The molecule has 1 saturated heterocycles. The van der Waals surface area contributed by atoms with E-state index in [4.69, 9.17) is 5.73 Å². The van der Waals surface area contributed by atoms with Crippen molar-refractivity contribution in [2.75, 3.05) is 13.1 Å². The van der Waals surface area contributed by atoms with Crippen molar-refractivity contribution in [3.63, 3.8) is 0 Å². The van der Waals surface area contributed by atoms with Crippen LogP contribution in [0.5, 0.6) is 0 Å². The number of aromatic nitrogens is 2. The molecule has 2 heterocycles. The number of carbonyl (C=O) groups is 1. The van der Waals surface area contributed by atoms with E-state index in [0.29, 0.717) is 19.0 Å². The fourth-order valence-corrected chi connectivity index (χ4v) is 2.97. The molecule has 1 amide bonds. The molecule has 2 N–H and O–H groups in total. The zero-order valence-corrected chi connectivity index (χ0v) is 11.2. The molecule has 1 aromatic rings. The monoisotopic (exact) mass is 248 g/mol. The Morgan fingerprint density at radius 3 is 2.44 bits per heavy atom. The average Bonchev–Trinajstić information content (AvgIpc) is 3.04. The van der Waals surface area contributed by atoms with E-state index in [2.05, 4.69) is 5.10 Å². The molecule has 5 nitrogen and oxygen atoms in total. The van der Waals surface area contributed by atoms with Gasteiger partial charge in [0.05, 0.1) is 16.8 Å². The number of rotatable bonds is 2. The van der Waals surface area contributed by atoms with Gasteiger partial charge in [-0.2, -0.15) is 5.10 Å². The van der Waals surface area contributed by atoms with E-state index < -0.39 is 0 Å². The number of amides is 1. The summed E-state index contributed by atoms with van der Waals surface area (Å²) in [5, 5.41) is 4.29. The minimum absolute atomic E-state index is 0.0832. The Labute approximate surface area is 107 Å². The topological polar surface area (TPSA) is 64.2 Å². The van der Waals surface area contributed by atoms with Crippen molar-refractivity contribution < 1.29 is 4.79 Å². The second kappa shape index (κ2) is 3.57. The maximum atomic E-state index is 12.4. The third-order valence-electron chi connectivity index (χ3n) is 4.37. The Morgan fingerprint density at radius 2 is 2.00 bits per heavy atom. The Morgan fingerprint density at radius 1 is 1.39 bits per heavy atom. The number of nitrogens with zero attached hydrogens (tertiary/aromatic N) is 3. The van der Waals surface area contributed by atoms with Gasteiger partial charge in [0.15, 0.2) is 0 Å². The van der Waals surface area contributed by atoms with Crippen LogP contribution in [0.3, 0.4) is 0 Å². The summed E-state index contributed by atoms with van der Waals surface area (Å²) in [5.41, 5.74) is 8.65. The highest BCUT2D eigenvalue weighted by Crippen LogP contribution is 2.43. The van der Waals surface area contributed by atoms with E-state index >= 15 is 0 Å². The van der Waals surface area contributed by atoms with Crippen LogP contribution in [0.1, 0.15) is 34.6 Å². The number of aryl methyl sites for hydroxylation is 2. The van der Waals surface area contributed by atoms with Gasteiger partial charge in [0.25, 0.3) is 5.91 Å². The first kappa shape index (κ1) is 11.7. The SMILES string of the molecule is Cc1nn(C)c(C)c1C(=O)N1CC(N)(C2CC2)C1. The van der Waals surface area contributed by atoms with E-state index in [1.165, 1.54) is 12.8 Å². The summed E-state index contributed by atoms with van der Waals surface area (Å²) in [7, 11) is 1.87. The number of hydrogen-bond acceptors (Lipinski definition) is 3. The van der Waals surface area contributed by atoms with Gasteiger partial charge in [-0.15, -0.1) is 0 Å². The Kier molecular flexibility index (Phi) is 2.32. The zero-order valence-electron chi connectivity index (χ0n) is 11.2. The summed E-state index contributed by atoms with van der Waals surface area (Å²) in [4.78, 5) is 14.3. The van der Waals surface area contributed by atoms with Gasteiger partial charge in [0, 0.05) is 25.8 Å². The van der Waals surface area contributed by atoms with Crippen molar-refractivity contribution in [1.82, 2.24) is 14.7 Å². The van der Waals surface area contributed by atoms with Gasteiger partial charge in [-0.3, -0.25) is 9.48 Å². The minimum atomic E-state index is -0.111. The molecular weight excluding hydrogens is 228 g/mol. The number of hydrogen-bond donors (Lipinski definition) is 1. The molecule has 98 valence electrons. The van der Waals surface area contributed by atoms with Crippen LogP contribution in [-0.4, -0.2) is 39.2 Å². The first-order chi connectivity index (χ1) is 8.42. The molecule has 0 spiro atoms. The van der Waals surface area contributed by atoms with Crippen molar-refractivity contribution in [3.8, 4) is 0 Å². The van der Waals surface area contributed by atoms with E-state index in [0.717, 1.165) is 17.0 Å². The number of nitrogens with two attached hydrogens (primary N) is 1. The first-order valence-corrected chi connectivity index (χ1v) is 6.51. The van der Waals surface area contributed by atoms with Crippen molar-refractivity contribution >= 4 is 5.91 Å². The zero-order chi connectivity index (χ0) is 13.1. The molecule has 0 radical (unpaired) electrons. The highest BCUT2D eigenvalue weighted by molar-refractivity contribution is 5.97. The molecule has 3 rings (SSSR count). The number of carbonyl (C=O) groups excluding carboxylic acids is 1. The van der Waals surface area contributed by atoms with E-state index in [9.17, 15) is 4.79 Å². The van der Waals surface area contributed by atoms with Gasteiger partial charge in [0.2, 0.25) is 0 Å². The third kappa shape index (κ3) is 1.57. The lowest BCUT2D eigenvalue weighted by Gasteiger charge is -2.48. The standard InChI is InChI=1S/C13H20N4O/c1-8-11(9(2)16(3)15-8)12(18)17-6-13(14,7-17)10-4-5-10/h10H,4-7,14H2,1-3H3. The van der Waals surface area contributed by atoms with Crippen molar-refractivity contribution in [2.45, 2.75) is 32.2 Å². The summed E-state index contributed by atoms with van der Waals surface area (Å²) in [6, 6.07) is 0. The maximum absolute atomic E-state index is 12.4. The summed E-state index contributed by atoms with van der Waals surface area (Å²) >= 11 is 0. The van der Waals surface area contributed by atoms with Crippen molar-refractivity contribution in [3.05, 3.63) is 17.0 Å². The first-order valence-electron chi connectivity index (χ1n) is 6.51. The molecule has 1 saturated carbocycles. The lowest BCUT2D eigenvalue weighted by Crippen LogP contribution is -2.69. The largest absolute Gasteiger partial charge is 0.335 e. The third-order valence-corrected chi connectivity index (χ3v) is 4.37. The van der Waals surface area contributed by atoms with Crippen LogP contribution < -0.4 is 5.73 Å². The predicted octanol–water partition coefficient (Wildman–Crippen LogP) is 0.600. The normalized spacial score (nSPS) is 21.9. The van der Waals surface area contributed by atoms with Crippen LogP contribution in [0.15, 0.2) is 0 Å². The summed E-state index contributed by atoms with van der Waals surface area (Å²) in [5.74, 6) is 0.720. The molecule has 1 aliphatic heterocycles. The molecule has 18 heavy (non-hydrogen) atoms. The molecule has 2 fully saturated rings. The van der Waals surface area contributed by atoms with Gasteiger partial charge in [-0.25, -0.2) is 0 Å². The fourth-order valence-electron chi connectivity index (χ4n) is 2.97. The molecule has 0 unspecified atom stereocenters. The molecule has 0 aromatic carbocycles. The van der Waals surface area contributed by atoms with E-state index in [1.54, 1.807) is 4.68 Å². The second-order valence-corrected chi connectivity index (χ2v) is 5.84. The molecule has 0 bridgehead atoms. The molecule has 5 heteroatoms. The minimum Gasteiger partial charge on any atom is -0.335 e. The fraction of sp³-hybridized carbons (Fsp3) is 0.692. The van der Waals surface area contributed by atoms with Crippen LogP contribution >= 0.6 is 0 Å². The maximum Gasteiger partial charge on any atom is 0.257 e. The van der Waals surface area contributed by atoms with Gasteiger partial charge < -0.3 is 10.6 Å². The van der Waals surface area contributed by atoms with Crippen molar-refractivity contribution in [1.29, 1.82) is 0 Å². The Balaban J connectivity index is 1.76. The smallest absolute Gasteiger partial charge is 0.257 e. The van der Waals surface area contributed by atoms with E-state index in [1.807, 2.05) is 25.8 Å². The average molecular weight is 248 g/mol. The summed E-state index contributed by atoms with van der Waals surface area (Å²) < 4.78 is 1.76. The highest BCUT2D eigenvalue weighted by atomic mass is 16.2. The lowest BCUT2D eigenvalue weighted by atomic mass is 9.85. The van der Waals surface area contributed by atoms with Crippen LogP contribution in [0.4, 0.5) is 0 Å². The van der Waals surface area contributed by atoms with Gasteiger partial charge in [-0.05, 0) is 32.6 Å². The Hall–Kier alpha value is -1.36. The molecular formula is C13H20N4O. The molecule has 0 atom stereocenters. The summed E-state index contributed by atoms with van der Waals surface area (Å²) in [6.45, 7) is 5.22. The van der Waals surface area contributed by atoms with E-state index in [-0.39, 0.29) is 11.4 Å².